The van der Waals surface area contributed by atoms with Gasteiger partial charge in [-0.2, -0.15) is 0 Å². The molecule has 0 spiro atoms. The molecule has 1 aromatic carbocycles. The number of ether oxygens (including phenoxy) is 1. The van der Waals surface area contributed by atoms with Crippen LogP contribution in [-0.2, 0) is 14.3 Å². The molecule has 1 aliphatic rings. The summed E-state index contributed by atoms with van der Waals surface area (Å²) in [7, 11) is 0. The van der Waals surface area contributed by atoms with Gasteiger partial charge in [-0.15, -0.1) is 0 Å². The van der Waals surface area contributed by atoms with Crippen LogP contribution >= 0.6 is 0 Å². The SMILES string of the molecule is CCCO[C@@H](C)C(=O)N1CCN(c2ccccc2)C(=O)C1. The maximum Gasteiger partial charge on any atom is 0.251 e. The molecule has 114 valence electrons. The van der Waals surface area contributed by atoms with Gasteiger partial charge in [0.15, 0.2) is 0 Å². The molecular formula is C16H22N2O3. The number of anilines is 1. The van der Waals surface area contributed by atoms with Gasteiger partial charge in [0.1, 0.15) is 12.6 Å². The van der Waals surface area contributed by atoms with E-state index in [1.165, 1.54) is 0 Å². The molecule has 21 heavy (non-hydrogen) atoms. The number of para-hydroxylation sites is 1. The lowest BCUT2D eigenvalue weighted by Crippen LogP contribution is -2.54. The molecule has 0 bridgehead atoms. The number of hydrogen-bond acceptors (Lipinski definition) is 3. The van der Waals surface area contributed by atoms with Crippen molar-refractivity contribution in [3.05, 3.63) is 30.3 Å². The van der Waals surface area contributed by atoms with Gasteiger partial charge in [-0.25, -0.2) is 0 Å². The summed E-state index contributed by atoms with van der Waals surface area (Å²) in [4.78, 5) is 27.8. The first-order valence-electron chi connectivity index (χ1n) is 7.39. The Kier molecular flexibility index (Phi) is 5.33. The zero-order valence-electron chi connectivity index (χ0n) is 12.6. The monoisotopic (exact) mass is 290 g/mol. The molecule has 5 heteroatoms. The maximum atomic E-state index is 12.2. The zero-order valence-corrected chi connectivity index (χ0v) is 12.6. The van der Waals surface area contributed by atoms with Gasteiger partial charge in [0.05, 0.1) is 0 Å². The third kappa shape index (κ3) is 3.82. The molecule has 2 amide bonds. The highest BCUT2D eigenvalue weighted by Gasteiger charge is 2.30. The van der Waals surface area contributed by atoms with Gasteiger partial charge in [-0.05, 0) is 25.5 Å². The normalized spacial score (nSPS) is 17.0. The van der Waals surface area contributed by atoms with Crippen molar-refractivity contribution >= 4 is 17.5 Å². The molecule has 1 aliphatic heterocycles. The highest BCUT2D eigenvalue weighted by atomic mass is 16.5. The molecule has 5 nitrogen and oxygen atoms in total. The van der Waals surface area contributed by atoms with E-state index in [2.05, 4.69) is 0 Å². The Labute approximate surface area is 125 Å². The molecule has 0 N–H and O–H groups in total. The fraction of sp³-hybridized carbons (Fsp3) is 0.500. The topological polar surface area (TPSA) is 49.9 Å². The van der Waals surface area contributed by atoms with E-state index in [-0.39, 0.29) is 18.4 Å². The third-order valence-corrected chi connectivity index (χ3v) is 3.52. The van der Waals surface area contributed by atoms with E-state index in [1.54, 1.807) is 16.7 Å². The second-order valence-corrected chi connectivity index (χ2v) is 5.15. The van der Waals surface area contributed by atoms with Gasteiger partial charge < -0.3 is 14.5 Å². The van der Waals surface area contributed by atoms with Gasteiger partial charge in [0, 0.05) is 25.4 Å². The predicted octanol–water partition coefficient (Wildman–Crippen LogP) is 1.68. The van der Waals surface area contributed by atoms with Crippen molar-refractivity contribution in [2.75, 3.05) is 31.1 Å². The summed E-state index contributed by atoms with van der Waals surface area (Å²) in [5.74, 6) is -0.159. The van der Waals surface area contributed by atoms with Crippen molar-refractivity contribution in [3.63, 3.8) is 0 Å². The van der Waals surface area contributed by atoms with Gasteiger partial charge >= 0.3 is 0 Å². The first-order valence-corrected chi connectivity index (χ1v) is 7.39. The van der Waals surface area contributed by atoms with E-state index in [9.17, 15) is 9.59 Å². The lowest BCUT2D eigenvalue weighted by Gasteiger charge is -2.35. The Morgan fingerprint density at radius 2 is 2.00 bits per heavy atom. The van der Waals surface area contributed by atoms with Crippen LogP contribution in [0.15, 0.2) is 30.3 Å². The molecule has 0 aliphatic carbocycles. The Morgan fingerprint density at radius 3 is 2.62 bits per heavy atom. The van der Waals surface area contributed by atoms with Crippen molar-refractivity contribution in [1.82, 2.24) is 4.90 Å². The number of nitrogens with zero attached hydrogens (tertiary/aromatic N) is 2. The molecule has 1 heterocycles. The summed E-state index contributed by atoms with van der Waals surface area (Å²) in [6.45, 7) is 5.48. The second kappa shape index (κ2) is 7.22. The Balaban J connectivity index is 1.94. The number of amides is 2. The zero-order chi connectivity index (χ0) is 15.2. The first-order chi connectivity index (χ1) is 10.1. The maximum absolute atomic E-state index is 12.2. The first kappa shape index (κ1) is 15.5. The molecule has 1 aromatic rings. The average molecular weight is 290 g/mol. The molecule has 1 atom stereocenters. The highest BCUT2D eigenvalue weighted by Crippen LogP contribution is 2.17. The standard InChI is InChI=1S/C16H22N2O3/c1-3-11-21-13(2)16(20)17-9-10-18(15(19)12-17)14-7-5-4-6-8-14/h4-8,13H,3,9-12H2,1-2H3/t13-/m0/s1. The average Bonchev–Trinajstić information content (AvgIpc) is 2.52. The van der Waals surface area contributed by atoms with Crippen molar-refractivity contribution in [2.45, 2.75) is 26.4 Å². The van der Waals surface area contributed by atoms with Gasteiger partial charge in [0.2, 0.25) is 5.91 Å². The number of carbonyl (C=O) groups is 2. The molecule has 1 saturated heterocycles. The summed E-state index contributed by atoms with van der Waals surface area (Å²) >= 11 is 0. The van der Waals surface area contributed by atoms with Gasteiger partial charge in [-0.3, -0.25) is 9.59 Å². The van der Waals surface area contributed by atoms with E-state index < -0.39 is 6.10 Å². The van der Waals surface area contributed by atoms with E-state index >= 15 is 0 Å². The summed E-state index contributed by atoms with van der Waals surface area (Å²) in [5.41, 5.74) is 0.880. The number of rotatable bonds is 5. The van der Waals surface area contributed by atoms with Crippen LogP contribution in [-0.4, -0.2) is 49.1 Å². The predicted molar refractivity (Wildman–Crippen MR) is 81.1 cm³/mol. The number of carbonyl (C=O) groups excluding carboxylic acids is 2. The summed E-state index contributed by atoms with van der Waals surface area (Å²) in [6, 6.07) is 9.53. The molecule has 2 rings (SSSR count). The van der Waals surface area contributed by atoms with Crippen LogP contribution in [0.3, 0.4) is 0 Å². The molecule has 0 unspecified atom stereocenters. The van der Waals surface area contributed by atoms with Gasteiger partial charge in [0.25, 0.3) is 5.91 Å². The fourth-order valence-corrected chi connectivity index (χ4v) is 2.37. The van der Waals surface area contributed by atoms with Crippen LogP contribution in [0.1, 0.15) is 20.3 Å². The van der Waals surface area contributed by atoms with Crippen LogP contribution in [0.2, 0.25) is 0 Å². The summed E-state index contributed by atoms with van der Waals surface area (Å²) < 4.78 is 5.44. The third-order valence-electron chi connectivity index (χ3n) is 3.52. The minimum Gasteiger partial charge on any atom is -0.369 e. The Bertz CT molecular complexity index is 490. The minimum absolute atomic E-state index is 0.0523. The minimum atomic E-state index is -0.485. The van der Waals surface area contributed by atoms with E-state index in [4.69, 9.17) is 4.74 Å². The largest absolute Gasteiger partial charge is 0.369 e. The van der Waals surface area contributed by atoms with Crippen molar-refractivity contribution in [2.24, 2.45) is 0 Å². The van der Waals surface area contributed by atoms with Crippen LogP contribution in [0, 0.1) is 0 Å². The van der Waals surface area contributed by atoms with Crippen LogP contribution < -0.4 is 4.90 Å². The van der Waals surface area contributed by atoms with Crippen LogP contribution in [0.5, 0.6) is 0 Å². The number of hydrogen-bond donors (Lipinski definition) is 0. The Morgan fingerprint density at radius 1 is 1.29 bits per heavy atom. The summed E-state index contributed by atoms with van der Waals surface area (Å²) in [6.07, 6.45) is 0.388. The van der Waals surface area contributed by atoms with E-state index in [1.807, 2.05) is 37.3 Å². The summed E-state index contributed by atoms with van der Waals surface area (Å²) in [5, 5.41) is 0. The number of piperazine rings is 1. The van der Waals surface area contributed by atoms with Gasteiger partial charge in [-0.1, -0.05) is 25.1 Å². The molecule has 1 fully saturated rings. The van der Waals surface area contributed by atoms with E-state index in [0.29, 0.717) is 19.7 Å². The second-order valence-electron chi connectivity index (χ2n) is 5.15. The number of benzene rings is 1. The molecule has 0 saturated carbocycles. The molecule has 0 aromatic heterocycles. The molecular weight excluding hydrogens is 268 g/mol. The quantitative estimate of drug-likeness (QED) is 0.829. The smallest absolute Gasteiger partial charge is 0.251 e. The fourth-order valence-electron chi connectivity index (χ4n) is 2.37. The molecule has 0 radical (unpaired) electrons. The lowest BCUT2D eigenvalue weighted by atomic mass is 10.2. The highest BCUT2D eigenvalue weighted by molar-refractivity contribution is 5.98. The van der Waals surface area contributed by atoms with Crippen molar-refractivity contribution < 1.29 is 14.3 Å². The lowest BCUT2D eigenvalue weighted by molar-refractivity contribution is -0.146. The van der Waals surface area contributed by atoms with Crippen LogP contribution in [0.4, 0.5) is 5.69 Å². The van der Waals surface area contributed by atoms with Crippen molar-refractivity contribution in [1.29, 1.82) is 0 Å². The van der Waals surface area contributed by atoms with Crippen LogP contribution in [0.25, 0.3) is 0 Å². The Hall–Kier alpha value is -1.88. The van der Waals surface area contributed by atoms with E-state index in [0.717, 1.165) is 12.1 Å². The van der Waals surface area contributed by atoms with Crippen molar-refractivity contribution in [3.8, 4) is 0 Å².